The first-order valence-corrected chi connectivity index (χ1v) is 7.05. The van der Waals surface area contributed by atoms with Crippen molar-refractivity contribution in [2.75, 3.05) is 19.8 Å². The molecule has 0 amide bonds. The Kier molecular flexibility index (Phi) is 3.86. The summed E-state index contributed by atoms with van der Waals surface area (Å²) < 4.78 is 5.41. The molecule has 18 heavy (non-hydrogen) atoms. The van der Waals surface area contributed by atoms with Gasteiger partial charge < -0.3 is 10.1 Å². The van der Waals surface area contributed by atoms with Crippen LogP contribution in [-0.2, 0) is 11.2 Å². The summed E-state index contributed by atoms with van der Waals surface area (Å²) >= 11 is 0. The molecule has 2 aliphatic heterocycles. The second-order valence-electron chi connectivity index (χ2n) is 5.28. The van der Waals surface area contributed by atoms with Gasteiger partial charge in [-0.1, -0.05) is 0 Å². The monoisotopic (exact) mass is 247 g/mol. The molecule has 4 nitrogen and oxygen atoms in total. The lowest BCUT2D eigenvalue weighted by molar-refractivity contribution is 0.0844. The van der Waals surface area contributed by atoms with E-state index in [0.29, 0.717) is 12.0 Å². The molecule has 0 aromatic carbocycles. The summed E-state index contributed by atoms with van der Waals surface area (Å²) in [6.07, 6.45) is 7.62. The highest BCUT2D eigenvalue weighted by Gasteiger charge is 2.19. The number of nitrogens with one attached hydrogen (secondary N) is 1. The molecule has 2 fully saturated rings. The number of hydrogen-bond acceptors (Lipinski definition) is 4. The fraction of sp³-hybridized carbons (Fsp3) is 0.714. The summed E-state index contributed by atoms with van der Waals surface area (Å²) in [6, 6.07) is 2.65. The normalized spacial score (nSPS) is 25.4. The van der Waals surface area contributed by atoms with Gasteiger partial charge in [0.15, 0.2) is 0 Å². The van der Waals surface area contributed by atoms with Gasteiger partial charge in [0.25, 0.3) is 0 Å². The SMILES string of the molecule is c1cc(C2CCOCC2)nc(CC2CCCN2)n1. The van der Waals surface area contributed by atoms with Crippen molar-refractivity contribution in [3.05, 3.63) is 23.8 Å². The molecule has 3 heterocycles. The largest absolute Gasteiger partial charge is 0.381 e. The van der Waals surface area contributed by atoms with Gasteiger partial charge in [0.05, 0.1) is 0 Å². The highest BCUT2D eigenvalue weighted by atomic mass is 16.5. The van der Waals surface area contributed by atoms with Crippen LogP contribution in [0.5, 0.6) is 0 Å². The van der Waals surface area contributed by atoms with E-state index < -0.39 is 0 Å². The number of rotatable bonds is 3. The zero-order valence-corrected chi connectivity index (χ0v) is 10.8. The number of hydrogen-bond donors (Lipinski definition) is 1. The first-order chi connectivity index (χ1) is 8.92. The van der Waals surface area contributed by atoms with E-state index >= 15 is 0 Å². The third-order valence-electron chi connectivity index (χ3n) is 3.96. The van der Waals surface area contributed by atoms with Crippen LogP contribution in [0.25, 0.3) is 0 Å². The van der Waals surface area contributed by atoms with Crippen LogP contribution in [0.2, 0.25) is 0 Å². The lowest BCUT2D eigenvalue weighted by Gasteiger charge is -2.21. The first-order valence-electron chi connectivity index (χ1n) is 7.05. The summed E-state index contributed by atoms with van der Waals surface area (Å²) in [5, 5.41) is 3.50. The number of aromatic nitrogens is 2. The molecule has 3 rings (SSSR count). The first kappa shape index (κ1) is 12.1. The zero-order chi connectivity index (χ0) is 12.2. The van der Waals surface area contributed by atoms with E-state index in [1.165, 1.54) is 18.5 Å². The summed E-state index contributed by atoms with van der Waals surface area (Å²) in [5.41, 5.74) is 1.21. The molecule has 0 bridgehead atoms. The predicted octanol–water partition coefficient (Wildman–Crippen LogP) is 1.67. The molecule has 0 radical (unpaired) electrons. The summed E-state index contributed by atoms with van der Waals surface area (Å²) in [7, 11) is 0. The molecule has 1 atom stereocenters. The van der Waals surface area contributed by atoms with E-state index in [1.807, 2.05) is 6.20 Å². The van der Waals surface area contributed by atoms with Gasteiger partial charge in [-0.25, -0.2) is 9.97 Å². The highest BCUT2D eigenvalue weighted by molar-refractivity contribution is 5.10. The third-order valence-corrected chi connectivity index (χ3v) is 3.96. The van der Waals surface area contributed by atoms with Crippen LogP contribution in [-0.4, -0.2) is 35.8 Å². The zero-order valence-electron chi connectivity index (χ0n) is 10.8. The topological polar surface area (TPSA) is 47.0 Å². The van der Waals surface area contributed by atoms with Crippen LogP contribution < -0.4 is 5.32 Å². The average Bonchev–Trinajstić information content (AvgIpc) is 2.93. The molecule has 98 valence electrons. The summed E-state index contributed by atoms with van der Waals surface area (Å²) in [4.78, 5) is 9.17. The third kappa shape index (κ3) is 2.87. The Hall–Kier alpha value is -1.00. The van der Waals surface area contributed by atoms with Crippen molar-refractivity contribution < 1.29 is 4.74 Å². The van der Waals surface area contributed by atoms with Gasteiger partial charge in [0.2, 0.25) is 0 Å². The Balaban J connectivity index is 1.67. The van der Waals surface area contributed by atoms with Gasteiger partial charge >= 0.3 is 0 Å². The predicted molar refractivity (Wildman–Crippen MR) is 69.6 cm³/mol. The van der Waals surface area contributed by atoms with E-state index in [2.05, 4.69) is 16.4 Å². The number of ether oxygens (including phenoxy) is 1. The van der Waals surface area contributed by atoms with Crippen LogP contribution in [0.1, 0.15) is 43.1 Å². The van der Waals surface area contributed by atoms with Crippen LogP contribution in [0, 0.1) is 0 Å². The van der Waals surface area contributed by atoms with Crippen LogP contribution in [0.3, 0.4) is 0 Å². The maximum atomic E-state index is 5.41. The van der Waals surface area contributed by atoms with Crippen molar-refractivity contribution in [1.29, 1.82) is 0 Å². The Morgan fingerprint density at radius 1 is 1.28 bits per heavy atom. The molecule has 1 aromatic rings. The summed E-state index contributed by atoms with van der Waals surface area (Å²) in [5.74, 6) is 1.57. The van der Waals surface area contributed by atoms with E-state index in [-0.39, 0.29) is 0 Å². The Morgan fingerprint density at radius 2 is 2.17 bits per heavy atom. The minimum absolute atomic E-state index is 0.567. The van der Waals surface area contributed by atoms with Crippen LogP contribution in [0.4, 0.5) is 0 Å². The van der Waals surface area contributed by atoms with Gasteiger partial charge in [0, 0.05) is 43.5 Å². The molecule has 0 aliphatic carbocycles. The van der Waals surface area contributed by atoms with Gasteiger partial charge in [-0.05, 0) is 38.3 Å². The maximum Gasteiger partial charge on any atom is 0.130 e. The molecule has 0 saturated carbocycles. The Morgan fingerprint density at radius 3 is 2.94 bits per heavy atom. The molecular weight excluding hydrogens is 226 g/mol. The smallest absolute Gasteiger partial charge is 0.130 e. The van der Waals surface area contributed by atoms with Crippen molar-refractivity contribution >= 4 is 0 Å². The Labute approximate surface area is 108 Å². The quantitative estimate of drug-likeness (QED) is 0.882. The van der Waals surface area contributed by atoms with Crippen LogP contribution >= 0.6 is 0 Å². The lowest BCUT2D eigenvalue weighted by atomic mass is 9.96. The van der Waals surface area contributed by atoms with Crippen LogP contribution in [0.15, 0.2) is 12.3 Å². The fourth-order valence-corrected chi connectivity index (χ4v) is 2.89. The summed E-state index contributed by atoms with van der Waals surface area (Å²) in [6.45, 7) is 2.88. The van der Waals surface area contributed by atoms with Gasteiger partial charge in [-0.3, -0.25) is 0 Å². The van der Waals surface area contributed by atoms with Crippen molar-refractivity contribution in [2.45, 2.75) is 44.1 Å². The van der Waals surface area contributed by atoms with E-state index in [4.69, 9.17) is 9.72 Å². The highest BCUT2D eigenvalue weighted by Crippen LogP contribution is 2.25. The van der Waals surface area contributed by atoms with Crippen molar-refractivity contribution in [3.63, 3.8) is 0 Å². The minimum Gasteiger partial charge on any atom is -0.381 e. The second-order valence-corrected chi connectivity index (χ2v) is 5.28. The van der Waals surface area contributed by atoms with Crippen molar-refractivity contribution in [3.8, 4) is 0 Å². The molecule has 1 unspecified atom stereocenters. The Bertz CT molecular complexity index is 384. The molecule has 1 aromatic heterocycles. The molecule has 4 heteroatoms. The molecule has 2 saturated heterocycles. The fourth-order valence-electron chi connectivity index (χ4n) is 2.89. The van der Waals surface area contributed by atoms with Crippen molar-refractivity contribution in [1.82, 2.24) is 15.3 Å². The van der Waals surface area contributed by atoms with E-state index in [1.54, 1.807) is 0 Å². The number of nitrogens with zero attached hydrogens (tertiary/aromatic N) is 2. The van der Waals surface area contributed by atoms with Crippen molar-refractivity contribution in [2.24, 2.45) is 0 Å². The van der Waals surface area contributed by atoms with Gasteiger partial charge in [-0.15, -0.1) is 0 Å². The second kappa shape index (κ2) is 5.76. The van der Waals surface area contributed by atoms with E-state index in [9.17, 15) is 0 Å². The molecule has 2 aliphatic rings. The lowest BCUT2D eigenvalue weighted by Crippen LogP contribution is -2.25. The maximum absolute atomic E-state index is 5.41. The van der Waals surface area contributed by atoms with Gasteiger partial charge in [0.1, 0.15) is 5.82 Å². The van der Waals surface area contributed by atoms with E-state index in [0.717, 1.165) is 44.8 Å². The average molecular weight is 247 g/mol. The van der Waals surface area contributed by atoms with Gasteiger partial charge in [-0.2, -0.15) is 0 Å². The molecule has 1 N–H and O–H groups in total. The minimum atomic E-state index is 0.567. The molecular formula is C14H21N3O. The molecule has 0 spiro atoms. The standard InChI is InChI=1S/C14H21N3O/c1-2-12(15-6-1)10-14-16-7-3-13(17-14)11-4-8-18-9-5-11/h3,7,11-12,15H,1-2,4-6,8-10H2.